The Bertz CT molecular complexity index is 437. The molecule has 0 aromatic rings. The Morgan fingerprint density at radius 3 is 1.71 bits per heavy atom. The molecule has 3 nitrogen and oxygen atoms in total. The molecule has 0 aliphatic heterocycles. The largest absolute Gasteiger partial charge is 0.300 e. The Kier molecular flexibility index (Phi) is 19.6. The molecule has 0 rings (SSSR count). The van der Waals surface area contributed by atoms with Gasteiger partial charge in [0.1, 0.15) is 11.6 Å². The fourth-order valence-electron chi connectivity index (χ4n) is 3.29. The van der Waals surface area contributed by atoms with Crippen molar-refractivity contribution in [2.24, 2.45) is 0 Å². The van der Waals surface area contributed by atoms with Gasteiger partial charge in [-0.25, -0.2) is 0 Å². The second-order valence-electron chi connectivity index (χ2n) is 8.14. The van der Waals surface area contributed by atoms with Crippen LogP contribution in [-0.2, 0) is 14.4 Å². The quantitative estimate of drug-likeness (QED) is 0.152. The molecule has 0 saturated carbocycles. The van der Waals surface area contributed by atoms with Crippen molar-refractivity contribution in [1.29, 1.82) is 0 Å². The first-order valence-electron chi connectivity index (χ1n) is 11.8. The SMILES string of the molecule is CCCCC(=O)CCCCCCCC/C=C/C(=O)CCCCCCCC(C)=O. The monoisotopic (exact) mass is 392 g/mol. The molecular weight excluding hydrogens is 348 g/mol. The van der Waals surface area contributed by atoms with E-state index in [-0.39, 0.29) is 11.6 Å². The summed E-state index contributed by atoms with van der Waals surface area (Å²) in [7, 11) is 0. The van der Waals surface area contributed by atoms with Crippen LogP contribution in [-0.4, -0.2) is 17.3 Å². The highest BCUT2D eigenvalue weighted by Gasteiger charge is 2.01. The number of hydrogen-bond acceptors (Lipinski definition) is 3. The number of carbonyl (C=O) groups is 3. The highest BCUT2D eigenvalue weighted by atomic mass is 16.1. The van der Waals surface area contributed by atoms with Gasteiger partial charge < -0.3 is 4.79 Å². The zero-order valence-corrected chi connectivity index (χ0v) is 18.6. The number of unbranched alkanes of at least 4 members (excludes halogenated alkanes) is 11. The van der Waals surface area contributed by atoms with Crippen LogP contribution in [0.15, 0.2) is 12.2 Å². The average Bonchev–Trinajstić information content (AvgIpc) is 2.66. The minimum Gasteiger partial charge on any atom is -0.300 e. The second-order valence-corrected chi connectivity index (χ2v) is 8.14. The summed E-state index contributed by atoms with van der Waals surface area (Å²) in [6.45, 7) is 3.77. The van der Waals surface area contributed by atoms with Gasteiger partial charge in [0.2, 0.25) is 0 Å². The van der Waals surface area contributed by atoms with Gasteiger partial charge in [0.15, 0.2) is 5.78 Å². The van der Waals surface area contributed by atoms with E-state index in [9.17, 15) is 14.4 Å². The van der Waals surface area contributed by atoms with Crippen molar-refractivity contribution in [2.75, 3.05) is 0 Å². The van der Waals surface area contributed by atoms with Crippen molar-refractivity contribution < 1.29 is 14.4 Å². The van der Waals surface area contributed by atoms with Crippen LogP contribution < -0.4 is 0 Å². The van der Waals surface area contributed by atoms with Gasteiger partial charge in [0.05, 0.1) is 0 Å². The van der Waals surface area contributed by atoms with E-state index >= 15 is 0 Å². The number of allylic oxidation sites excluding steroid dienone is 2. The molecule has 0 radical (unpaired) electrons. The molecule has 0 N–H and O–H groups in total. The summed E-state index contributed by atoms with van der Waals surface area (Å²) < 4.78 is 0. The Morgan fingerprint density at radius 1 is 0.607 bits per heavy atom. The zero-order chi connectivity index (χ0) is 20.9. The summed E-state index contributed by atoms with van der Waals surface area (Å²) in [6.07, 6.45) is 22.1. The Hall–Kier alpha value is -1.25. The molecule has 0 bridgehead atoms. The van der Waals surface area contributed by atoms with E-state index in [1.54, 1.807) is 13.0 Å². The standard InChI is InChI=1S/C25H44O3/c1-3-4-19-24(27)20-15-11-7-5-6-8-12-16-21-25(28)22-17-13-9-10-14-18-23(2)26/h16,21H,3-15,17-20,22H2,1-2H3/b21-16+. The molecule has 0 aromatic carbocycles. The molecule has 0 aliphatic carbocycles. The minimum atomic E-state index is 0.247. The van der Waals surface area contributed by atoms with E-state index in [2.05, 4.69) is 6.92 Å². The summed E-state index contributed by atoms with van der Waals surface area (Å²) in [4.78, 5) is 34.2. The fourth-order valence-corrected chi connectivity index (χ4v) is 3.29. The molecule has 0 aliphatic rings. The van der Waals surface area contributed by atoms with Gasteiger partial charge >= 0.3 is 0 Å². The lowest BCUT2D eigenvalue weighted by atomic mass is 10.0. The maximum atomic E-state index is 11.8. The Labute approximate surface area is 173 Å². The van der Waals surface area contributed by atoms with Gasteiger partial charge in [-0.3, -0.25) is 9.59 Å². The zero-order valence-electron chi connectivity index (χ0n) is 18.6. The summed E-state index contributed by atoms with van der Waals surface area (Å²) in [6, 6.07) is 0. The van der Waals surface area contributed by atoms with Gasteiger partial charge in [-0.2, -0.15) is 0 Å². The van der Waals surface area contributed by atoms with E-state index in [1.165, 1.54) is 25.7 Å². The molecule has 0 saturated heterocycles. The van der Waals surface area contributed by atoms with Crippen LogP contribution in [0.3, 0.4) is 0 Å². The topological polar surface area (TPSA) is 51.2 Å². The van der Waals surface area contributed by atoms with Crippen LogP contribution in [0.1, 0.15) is 129 Å². The number of carbonyl (C=O) groups excluding carboxylic acids is 3. The van der Waals surface area contributed by atoms with E-state index < -0.39 is 0 Å². The Morgan fingerprint density at radius 2 is 1.11 bits per heavy atom. The lowest BCUT2D eigenvalue weighted by Gasteiger charge is -2.01. The van der Waals surface area contributed by atoms with Crippen molar-refractivity contribution in [2.45, 2.75) is 129 Å². The normalized spacial score (nSPS) is 11.2. The summed E-state index contributed by atoms with van der Waals surface area (Å²) in [5, 5.41) is 0. The highest BCUT2D eigenvalue weighted by Crippen LogP contribution is 2.11. The van der Waals surface area contributed by atoms with Crippen molar-refractivity contribution in [3.8, 4) is 0 Å². The third-order valence-electron chi connectivity index (χ3n) is 5.14. The highest BCUT2D eigenvalue weighted by molar-refractivity contribution is 5.89. The van der Waals surface area contributed by atoms with Crippen LogP contribution in [0.4, 0.5) is 0 Å². The van der Waals surface area contributed by atoms with E-state index in [1.807, 2.05) is 6.08 Å². The Balaban J connectivity index is 3.34. The van der Waals surface area contributed by atoms with Gasteiger partial charge in [-0.15, -0.1) is 0 Å². The summed E-state index contributed by atoms with van der Waals surface area (Å²) >= 11 is 0. The van der Waals surface area contributed by atoms with E-state index in [0.717, 1.165) is 77.0 Å². The first-order valence-corrected chi connectivity index (χ1v) is 11.8. The van der Waals surface area contributed by atoms with Crippen LogP contribution in [0.25, 0.3) is 0 Å². The van der Waals surface area contributed by atoms with Crippen molar-refractivity contribution in [3.05, 3.63) is 12.2 Å². The third-order valence-corrected chi connectivity index (χ3v) is 5.14. The number of Topliss-reactive ketones (excluding diaryl/α,β-unsaturated/α-hetero) is 2. The van der Waals surface area contributed by atoms with Crippen molar-refractivity contribution in [1.82, 2.24) is 0 Å². The number of rotatable bonds is 21. The van der Waals surface area contributed by atoms with Crippen LogP contribution in [0.2, 0.25) is 0 Å². The van der Waals surface area contributed by atoms with Crippen LogP contribution >= 0.6 is 0 Å². The molecule has 0 amide bonds. The predicted octanol–water partition coefficient (Wildman–Crippen LogP) is 7.31. The molecule has 162 valence electrons. The molecule has 0 aromatic heterocycles. The lowest BCUT2D eigenvalue weighted by Crippen LogP contribution is -1.96. The van der Waals surface area contributed by atoms with Gasteiger partial charge in [-0.05, 0) is 51.5 Å². The lowest BCUT2D eigenvalue weighted by molar-refractivity contribution is -0.119. The second kappa shape index (κ2) is 20.5. The van der Waals surface area contributed by atoms with Crippen LogP contribution in [0.5, 0.6) is 0 Å². The molecule has 28 heavy (non-hydrogen) atoms. The number of ketones is 3. The summed E-state index contributed by atoms with van der Waals surface area (Å²) in [5.41, 5.74) is 0. The summed E-state index contributed by atoms with van der Waals surface area (Å²) in [5.74, 6) is 0.954. The van der Waals surface area contributed by atoms with Crippen molar-refractivity contribution >= 4 is 17.3 Å². The molecule has 0 unspecified atom stereocenters. The smallest absolute Gasteiger partial charge is 0.155 e. The number of hydrogen-bond donors (Lipinski definition) is 0. The molecule has 0 fully saturated rings. The van der Waals surface area contributed by atoms with Gasteiger partial charge in [-0.1, -0.05) is 64.4 Å². The molecular formula is C25H44O3. The van der Waals surface area contributed by atoms with Crippen LogP contribution in [0, 0.1) is 0 Å². The first-order chi connectivity index (χ1) is 13.6. The average molecular weight is 393 g/mol. The van der Waals surface area contributed by atoms with Gasteiger partial charge in [0, 0.05) is 25.7 Å². The molecule has 0 atom stereocenters. The van der Waals surface area contributed by atoms with E-state index in [0.29, 0.717) is 18.6 Å². The van der Waals surface area contributed by atoms with Gasteiger partial charge in [0.25, 0.3) is 0 Å². The first kappa shape index (κ1) is 26.8. The maximum Gasteiger partial charge on any atom is 0.155 e. The minimum absolute atomic E-state index is 0.247. The fraction of sp³-hybridized carbons (Fsp3) is 0.800. The molecule has 0 heterocycles. The third kappa shape index (κ3) is 21.1. The molecule has 3 heteroatoms. The van der Waals surface area contributed by atoms with E-state index in [4.69, 9.17) is 0 Å². The van der Waals surface area contributed by atoms with Crippen molar-refractivity contribution in [3.63, 3.8) is 0 Å². The predicted molar refractivity (Wildman–Crippen MR) is 119 cm³/mol. The maximum absolute atomic E-state index is 11.8. The molecule has 0 spiro atoms.